The monoisotopic (exact) mass is 294 g/mol. The lowest BCUT2D eigenvalue weighted by Gasteiger charge is -2.23. The van der Waals surface area contributed by atoms with Gasteiger partial charge in [0.1, 0.15) is 12.4 Å². The molecule has 112 valence electrons. The Balaban J connectivity index is 1.69. The summed E-state index contributed by atoms with van der Waals surface area (Å²) >= 11 is 0. The molecule has 0 bridgehead atoms. The minimum absolute atomic E-state index is 0.279. The number of benzene rings is 2. The molecule has 0 fully saturated rings. The van der Waals surface area contributed by atoms with Gasteiger partial charge < -0.3 is 9.47 Å². The summed E-state index contributed by atoms with van der Waals surface area (Å²) in [5.74, 6) is 0.538. The number of fused-ring (bicyclic) bond motifs is 1. The van der Waals surface area contributed by atoms with Crippen LogP contribution in [0.2, 0.25) is 0 Å². The molecule has 0 saturated heterocycles. The van der Waals surface area contributed by atoms with Crippen molar-refractivity contribution in [3.63, 3.8) is 0 Å². The van der Waals surface area contributed by atoms with E-state index in [1.165, 1.54) is 5.56 Å². The highest BCUT2D eigenvalue weighted by Gasteiger charge is 2.21. The lowest BCUT2D eigenvalue weighted by molar-refractivity contribution is -0.137. The molecule has 1 aliphatic rings. The molecule has 1 aliphatic carbocycles. The molecule has 0 radical (unpaired) electrons. The number of allylic oxidation sites excluding steroid dienone is 1. The van der Waals surface area contributed by atoms with Gasteiger partial charge in [0.05, 0.1) is 6.61 Å². The number of ether oxygens (including phenoxy) is 2. The lowest BCUT2D eigenvalue weighted by Crippen LogP contribution is -2.11. The van der Waals surface area contributed by atoms with Gasteiger partial charge in [0.25, 0.3) is 0 Å². The quantitative estimate of drug-likeness (QED) is 0.622. The van der Waals surface area contributed by atoms with Crippen molar-refractivity contribution in [3.8, 4) is 5.75 Å². The van der Waals surface area contributed by atoms with E-state index in [2.05, 4.69) is 6.07 Å². The molecule has 0 heterocycles. The van der Waals surface area contributed by atoms with Crippen molar-refractivity contribution in [1.29, 1.82) is 0 Å². The van der Waals surface area contributed by atoms with Crippen LogP contribution in [0.5, 0.6) is 5.75 Å². The predicted molar refractivity (Wildman–Crippen MR) is 85.5 cm³/mol. The van der Waals surface area contributed by atoms with Gasteiger partial charge in [-0.2, -0.15) is 0 Å². The first-order chi connectivity index (χ1) is 10.8. The molecular formula is C19H18O3. The highest BCUT2D eigenvalue weighted by molar-refractivity contribution is 5.95. The van der Waals surface area contributed by atoms with Crippen LogP contribution >= 0.6 is 0 Å². The molecule has 0 N–H and O–H groups in total. The molecule has 2 aromatic rings. The van der Waals surface area contributed by atoms with Crippen LogP contribution in [0.15, 0.2) is 54.6 Å². The average molecular weight is 294 g/mol. The Bertz CT molecular complexity index is 702. The fourth-order valence-corrected chi connectivity index (χ4v) is 2.49. The zero-order valence-electron chi connectivity index (χ0n) is 12.5. The van der Waals surface area contributed by atoms with Gasteiger partial charge in [0.15, 0.2) is 0 Å². The summed E-state index contributed by atoms with van der Waals surface area (Å²) in [4.78, 5) is 11.5. The van der Waals surface area contributed by atoms with E-state index in [-0.39, 0.29) is 5.97 Å². The Morgan fingerprint density at radius 2 is 2.00 bits per heavy atom. The maximum Gasteiger partial charge on any atom is 0.331 e. The predicted octanol–water partition coefficient (Wildman–Crippen LogP) is 3.77. The summed E-state index contributed by atoms with van der Waals surface area (Å²) in [6.07, 6.45) is 2.39. The zero-order valence-corrected chi connectivity index (χ0v) is 12.5. The van der Waals surface area contributed by atoms with E-state index in [1.54, 1.807) is 13.0 Å². The Kier molecular flexibility index (Phi) is 4.24. The summed E-state index contributed by atoms with van der Waals surface area (Å²) < 4.78 is 10.8. The molecule has 0 saturated carbocycles. The Morgan fingerprint density at radius 1 is 1.18 bits per heavy atom. The minimum Gasteiger partial charge on any atom is -0.489 e. The Labute approximate surface area is 130 Å². The second-order valence-corrected chi connectivity index (χ2v) is 5.19. The van der Waals surface area contributed by atoms with Crippen molar-refractivity contribution < 1.29 is 14.3 Å². The van der Waals surface area contributed by atoms with Crippen LogP contribution in [-0.2, 0) is 22.6 Å². The highest BCUT2D eigenvalue weighted by Crippen LogP contribution is 2.36. The van der Waals surface area contributed by atoms with Crippen molar-refractivity contribution in [3.05, 3.63) is 71.3 Å². The van der Waals surface area contributed by atoms with Crippen molar-refractivity contribution in [1.82, 2.24) is 0 Å². The van der Waals surface area contributed by atoms with Gasteiger partial charge in [-0.25, -0.2) is 4.79 Å². The lowest BCUT2D eigenvalue weighted by atomic mass is 9.82. The zero-order chi connectivity index (χ0) is 15.4. The van der Waals surface area contributed by atoms with Crippen molar-refractivity contribution in [2.45, 2.75) is 20.0 Å². The number of esters is 1. The molecule has 0 unspecified atom stereocenters. The second kappa shape index (κ2) is 6.48. The van der Waals surface area contributed by atoms with Gasteiger partial charge in [0.2, 0.25) is 0 Å². The van der Waals surface area contributed by atoms with Crippen molar-refractivity contribution in [2.75, 3.05) is 6.61 Å². The molecule has 0 spiro atoms. The molecule has 3 nitrogen and oxygen atoms in total. The van der Waals surface area contributed by atoms with Gasteiger partial charge in [0, 0.05) is 6.08 Å². The first-order valence-electron chi connectivity index (χ1n) is 7.43. The molecule has 0 aromatic heterocycles. The van der Waals surface area contributed by atoms with Crippen LogP contribution in [0, 0.1) is 0 Å². The second-order valence-electron chi connectivity index (χ2n) is 5.19. The van der Waals surface area contributed by atoms with Gasteiger partial charge in [-0.3, -0.25) is 0 Å². The number of hydrogen-bond acceptors (Lipinski definition) is 3. The standard InChI is InChI=1S/C19H18O3/c1-2-21-19(20)11-16-10-15-8-9-17(12-18(15)16)22-13-14-6-4-3-5-7-14/h3-9,11-12H,2,10,13H2,1H3/b16-11-. The van der Waals surface area contributed by atoms with Crippen LogP contribution in [0.1, 0.15) is 23.6 Å². The smallest absolute Gasteiger partial charge is 0.331 e. The molecule has 0 amide bonds. The molecule has 2 aromatic carbocycles. The van der Waals surface area contributed by atoms with Gasteiger partial charge in [-0.05, 0) is 47.7 Å². The van der Waals surface area contributed by atoms with Crippen LogP contribution in [0.25, 0.3) is 5.57 Å². The number of carbonyl (C=O) groups excluding carboxylic acids is 1. The van der Waals surface area contributed by atoms with E-state index in [4.69, 9.17) is 9.47 Å². The van der Waals surface area contributed by atoms with E-state index < -0.39 is 0 Å². The van der Waals surface area contributed by atoms with Crippen LogP contribution < -0.4 is 4.74 Å². The van der Waals surface area contributed by atoms with Crippen LogP contribution in [-0.4, -0.2) is 12.6 Å². The largest absolute Gasteiger partial charge is 0.489 e. The van der Waals surface area contributed by atoms with E-state index in [9.17, 15) is 4.79 Å². The third-order valence-corrected chi connectivity index (χ3v) is 3.64. The number of hydrogen-bond donors (Lipinski definition) is 0. The van der Waals surface area contributed by atoms with E-state index >= 15 is 0 Å². The molecule has 3 heteroatoms. The molecule has 0 atom stereocenters. The Morgan fingerprint density at radius 3 is 2.77 bits per heavy atom. The third-order valence-electron chi connectivity index (χ3n) is 3.64. The van der Waals surface area contributed by atoms with E-state index in [0.29, 0.717) is 13.2 Å². The molecule has 0 aliphatic heterocycles. The summed E-state index contributed by atoms with van der Waals surface area (Å²) in [6, 6.07) is 16.1. The average Bonchev–Trinajstić information content (AvgIpc) is 2.53. The summed E-state index contributed by atoms with van der Waals surface area (Å²) in [7, 11) is 0. The molecule has 3 rings (SSSR count). The van der Waals surface area contributed by atoms with E-state index in [1.807, 2.05) is 42.5 Å². The van der Waals surface area contributed by atoms with Crippen molar-refractivity contribution in [2.24, 2.45) is 0 Å². The first-order valence-corrected chi connectivity index (χ1v) is 7.43. The summed E-state index contributed by atoms with van der Waals surface area (Å²) in [5.41, 5.74) is 4.47. The first kappa shape index (κ1) is 14.4. The van der Waals surface area contributed by atoms with Gasteiger partial charge in [-0.15, -0.1) is 0 Å². The fraction of sp³-hybridized carbons (Fsp3) is 0.211. The van der Waals surface area contributed by atoms with E-state index in [0.717, 1.165) is 28.9 Å². The number of rotatable bonds is 5. The fourth-order valence-electron chi connectivity index (χ4n) is 2.49. The molecule has 22 heavy (non-hydrogen) atoms. The van der Waals surface area contributed by atoms with Gasteiger partial charge in [-0.1, -0.05) is 36.4 Å². The summed E-state index contributed by atoms with van der Waals surface area (Å²) in [5, 5.41) is 0. The summed E-state index contributed by atoms with van der Waals surface area (Å²) in [6.45, 7) is 2.74. The number of carbonyl (C=O) groups is 1. The normalized spacial score (nSPS) is 14.1. The maximum atomic E-state index is 11.5. The van der Waals surface area contributed by atoms with Gasteiger partial charge >= 0.3 is 5.97 Å². The molecular weight excluding hydrogens is 276 g/mol. The van der Waals surface area contributed by atoms with Crippen molar-refractivity contribution >= 4 is 11.5 Å². The van der Waals surface area contributed by atoms with Crippen LogP contribution in [0.4, 0.5) is 0 Å². The highest BCUT2D eigenvalue weighted by atomic mass is 16.5. The topological polar surface area (TPSA) is 35.5 Å². The maximum absolute atomic E-state index is 11.5. The Hall–Kier alpha value is -2.55. The SMILES string of the molecule is CCOC(=O)/C=C1/Cc2ccc(OCc3ccccc3)cc21. The van der Waals surface area contributed by atoms with Crippen LogP contribution in [0.3, 0.4) is 0 Å². The third kappa shape index (κ3) is 3.19. The minimum atomic E-state index is -0.279.